The van der Waals surface area contributed by atoms with E-state index in [9.17, 15) is 9.59 Å². The number of amides is 2. The average molecular weight is 270 g/mol. The molecule has 2 heterocycles. The van der Waals surface area contributed by atoms with Crippen molar-refractivity contribution in [3.63, 3.8) is 0 Å². The van der Waals surface area contributed by atoms with Crippen molar-refractivity contribution < 1.29 is 19.8 Å². The minimum Gasteiger partial charge on any atom is -0.480 e. The fourth-order valence-electron chi connectivity index (χ4n) is 3.09. The molecule has 2 atom stereocenters. The molecule has 19 heavy (non-hydrogen) atoms. The fourth-order valence-corrected chi connectivity index (χ4v) is 3.09. The van der Waals surface area contributed by atoms with Crippen LogP contribution < -0.4 is 0 Å². The number of piperidine rings is 1. The molecule has 108 valence electrons. The zero-order chi connectivity index (χ0) is 13.8. The zero-order valence-corrected chi connectivity index (χ0v) is 11.1. The molecule has 2 fully saturated rings. The Morgan fingerprint density at radius 3 is 2.58 bits per heavy atom. The number of rotatable bonds is 3. The molecule has 6 nitrogen and oxygen atoms in total. The molecule has 0 bridgehead atoms. The Hall–Kier alpha value is -1.30. The third kappa shape index (κ3) is 3.18. The molecule has 0 aliphatic carbocycles. The highest BCUT2D eigenvalue weighted by Gasteiger charge is 2.37. The van der Waals surface area contributed by atoms with Crippen LogP contribution in [0.25, 0.3) is 0 Å². The summed E-state index contributed by atoms with van der Waals surface area (Å²) in [6.07, 6.45) is 3.99. The summed E-state index contributed by atoms with van der Waals surface area (Å²) in [4.78, 5) is 26.8. The second-order valence-corrected chi connectivity index (χ2v) is 5.44. The van der Waals surface area contributed by atoms with Crippen LogP contribution in [0, 0.1) is 5.92 Å². The quantitative estimate of drug-likeness (QED) is 0.793. The first-order chi connectivity index (χ1) is 9.13. The number of aliphatic hydroxyl groups excluding tert-OH is 1. The van der Waals surface area contributed by atoms with Gasteiger partial charge in [0.25, 0.3) is 0 Å². The Morgan fingerprint density at radius 2 is 1.89 bits per heavy atom. The molecule has 0 aromatic carbocycles. The highest BCUT2D eigenvalue weighted by molar-refractivity contribution is 5.83. The van der Waals surface area contributed by atoms with Crippen LogP contribution >= 0.6 is 0 Å². The first kappa shape index (κ1) is 14.1. The molecule has 2 aliphatic heterocycles. The van der Waals surface area contributed by atoms with Gasteiger partial charge in [-0.05, 0) is 38.0 Å². The number of carboxylic acid groups (broad SMARTS) is 1. The Labute approximate surface area is 113 Å². The van der Waals surface area contributed by atoms with Crippen molar-refractivity contribution in [1.82, 2.24) is 9.80 Å². The molecule has 2 rings (SSSR count). The average Bonchev–Trinajstić information content (AvgIpc) is 2.88. The number of carbonyl (C=O) groups is 2. The van der Waals surface area contributed by atoms with Gasteiger partial charge in [-0.15, -0.1) is 0 Å². The van der Waals surface area contributed by atoms with Crippen LogP contribution in [0.2, 0.25) is 0 Å². The Kier molecular flexibility index (Phi) is 4.63. The van der Waals surface area contributed by atoms with E-state index in [0.717, 1.165) is 19.3 Å². The molecule has 0 spiro atoms. The summed E-state index contributed by atoms with van der Waals surface area (Å²) in [6.45, 7) is 2.02. The van der Waals surface area contributed by atoms with Gasteiger partial charge in [-0.2, -0.15) is 0 Å². The van der Waals surface area contributed by atoms with Crippen molar-refractivity contribution in [2.75, 3.05) is 26.2 Å². The summed E-state index contributed by atoms with van der Waals surface area (Å²) < 4.78 is 0. The van der Waals surface area contributed by atoms with E-state index in [1.165, 1.54) is 4.90 Å². The molecule has 2 amide bonds. The SMILES string of the molecule is O=C(O)[C@@H]1CCCN1C(=O)N1CCCC(CCO)C1. The third-order valence-electron chi connectivity index (χ3n) is 4.11. The van der Waals surface area contributed by atoms with E-state index in [2.05, 4.69) is 0 Å². The van der Waals surface area contributed by atoms with E-state index >= 15 is 0 Å². The highest BCUT2D eigenvalue weighted by atomic mass is 16.4. The number of hydrogen-bond donors (Lipinski definition) is 2. The van der Waals surface area contributed by atoms with Gasteiger partial charge in [0.15, 0.2) is 0 Å². The first-order valence-electron chi connectivity index (χ1n) is 7.02. The second-order valence-electron chi connectivity index (χ2n) is 5.44. The number of carbonyl (C=O) groups excluding carboxylic acids is 1. The van der Waals surface area contributed by atoms with E-state index in [1.54, 1.807) is 4.90 Å². The van der Waals surface area contributed by atoms with E-state index in [-0.39, 0.29) is 12.6 Å². The lowest BCUT2D eigenvalue weighted by molar-refractivity contribution is -0.141. The van der Waals surface area contributed by atoms with Crippen LogP contribution in [-0.4, -0.2) is 64.3 Å². The number of nitrogens with zero attached hydrogens (tertiary/aromatic N) is 2. The fraction of sp³-hybridized carbons (Fsp3) is 0.846. The van der Waals surface area contributed by atoms with Crippen LogP contribution in [0.5, 0.6) is 0 Å². The van der Waals surface area contributed by atoms with E-state index in [0.29, 0.717) is 38.4 Å². The number of aliphatic hydroxyl groups is 1. The molecular weight excluding hydrogens is 248 g/mol. The Morgan fingerprint density at radius 1 is 1.16 bits per heavy atom. The van der Waals surface area contributed by atoms with Gasteiger partial charge in [-0.25, -0.2) is 9.59 Å². The lowest BCUT2D eigenvalue weighted by atomic mass is 9.95. The zero-order valence-electron chi connectivity index (χ0n) is 11.1. The lowest BCUT2D eigenvalue weighted by Crippen LogP contribution is -2.51. The van der Waals surface area contributed by atoms with Gasteiger partial charge in [0.05, 0.1) is 0 Å². The smallest absolute Gasteiger partial charge is 0.326 e. The number of aliphatic carboxylic acids is 1. The molecule has 0 aromatic rings. The van der Waals surface area contributed by atoms with Gasteiger partial charge >= 0.3 is 12.0 Å². The maximum absolute atomic E-state index is 12.4. The molecule has 6 heteroatoms. The van der Waals surface area contributed by atoms with Crippen molar-refractivity contribution >= 4 is 12.0 Å². The van der Waals surface area contributed by atoms with Crippen molar-refractivity contribution in [2.45, 2.75) is 38.1 Å². The van der Waals surface area contributed by atoms with Crippen LogP contribution in [0.3, 0.4) is 0 Å². The molecule has 1 unspecified atom stereocenters. The highest BCUT2D eigenvalue weighted by Crippen LogP contribution is 2.24. The van der Waals surface area contributed by atoms with Gasteiger partial charge in [-0.1, -0.05) is 0 Å². The predicted molar refractivity (Wildman–Crippen MR) is 68.8 cm³/mol. The first-order valence-corrected chi connectivity index (χ1v) is 7.02. The minimum absolute atomic E-state index is 0.146. The molecular formula is C13H22N2O4. The Balaban J connectivity index is 1.96. The van der Waals surface area contributed by atoms with Gasteiger partial charge in [0.2, 0.25) is 0 Å². The molecule has 0 radical (unpaired) electrons. The number of hydrogen-bond acceptors (Lipinski definition) is 3. The largest absolute Gasteiger partial charge is 0.480 e. The summed E-state index contributed by atoms with van der Waals surface area (Å²) >= 11 is 0. The molecule has 0 saturated carbocycles. The van der Waals surface area contributed by atoms with Crippen molar-refractivity contribution in [3.8, 4) is 0 Å². The summed E-state index contributed by atoms with van der Waals surface area (Å²) in [5, 5.41) is 18.1. The standard InChI is InChI=1S/C13H22N2O4/c16-8-5-10-3-1-6-14(9-10)13(19)15-7-2-4-11(15)12(17)18/h10-11,16H,1-9H2,(H,17,18)/t10?,11-/m0/s1. The topological polar surface area (TPSA) is 81.1 Å². The van der Waals surface area contributed by atoms with Crippen molar-refractivity contribution in [1.29, 1.82) is 0 Å². The number of carboxylic acids is 1. The predicted octanol–water partition coefficient (Wildman–Crippen LogP) is 0.750. The van der Waals surface area contributed by atoms with E-state index in [1.807, 2.05) is 0 Å². The maximum Gasteiger partial charge on any atom is 0.326 e. The summed E-state index contributed by atoms with van der Waals surface area (Å²) in [6, 6.07) is -0.807. The van der Waals surface area contributed by atoms with Gasteiger partial charge in [-0.3, -0.25) is 0 Å². The van der Waals surface area contributed by atoms with Crippen LogP contribution in [0.1, 0.15) is 32.1 Å². The molecule has 0 aromatic heterocycles. The number of likely N-dealkylation sites (tertiary alicyclic amines) is 2. The summed E-state index contributed by atoms with van der Waals surface area (Å²) in [7, 11) is 0. The van der Waals surface area contributed by atoms with Gasteiger partial charge < -0.3 is 20.0 Å². The third-order valence-corrected chi connectivity index (χ3v) is 4.11. The monoisotopic (exact) mass is 270 g/mol. The normalized spacial score (nSPS) is 27.6. The van der Waals surface area contributed by atoms with E-state index in [4.69, 9.17) is 10.2 Å². The van der Waals surface area contributed by atoms with E-state index < -0.39 is 12.0 Å². The Bertz CT molecular complexity index is 346. The molecule has 2 aliphatic rings. The molecule has 2 N–H and O–H groups in total. The van der Waals surface area contributed by atoms with Crippen LogP contribution in [0.15, 0.2) is 0 Å². The maximum atomic E-state index is 12.4. The van der Waals surface area contributed by atoms with Crippen molar-refractivity contribution in [2.24, 2.45) is 5.92 Å². The minimum atomic E-state index is -0.908. The van der Waals surface area contributed by atoms with Crippen molar-refractivity contribution in [3.05, 3.63) is 0 Å². The van der Waals surface area contributed by atoms with Gasteiger partial charge in [0, 0.05) is 26.2 Å². The summed E-state index contributed by atoms with van der Waals surface area (Å²) in [5.74, 6) is -0.566. The lowest BCUT2D eigenvalue weighted by Gasteiger charge is -2.36. The summed E-state index contributed by atoms with van der Waals surface area (Å²) in [5.41, 5.74) is 0. The van der Waals surface area contributed by atoms with Gasteiger partial charge in [0.1, 0.15) is 6.04 Å². The molecule has 2 saturated heterocycles. The number of urea groups is 1. The van der Waals surface area contributed by atoms with Crippen LogP contribution in [0.4, 0.5) is 4.79 Å². The van der Waals surface area contributed by atoms with Crippen LogP contribution in [-0.2, 0) is 4.79 Å². The second kappa shape index (κ2) is 6.23.